The van der Waals surface area contributed by atoms with E-state index in [1.165, 1.54) is 30.7 Å². The summed E-state index contributed by atoms with van der Waals surface area (Å²) in [6.45, 7) is 3.85. The summed E-state index contributed by atoms with van der Waals surface area (Å²) in [4.78, 5) is 20.0. The van der Waals surface area contributed by atoms with Gasteiger partial charge in [0.05, 0.1) is 17.2 Å². The van der Waals surface area contributed by atoms with Crippen molar-refractivity contribution < 1.29 is 22.4 Å². The van der Waals surface area contributed by atoms with Crippen molar-refractivity contribution in [1.82, 2.24) is 15.4 Å². The van der Waals surface area contributed by atoms with E-state index in [9.17, 15) is 13.2 Å². The topological polar surface area (TPSA) is 136 Å². The smallest absolute Gasteiger partial charge is 0.271 e. The van der Waals surface area contributed by atoms with Gasteiger partial charge in [-0.2, -0.15) is 5.10 Å². The molecule has 2 N–H and O–H groups in total. The number of nitrogens with zero attached hydrogens (tertiary/aromatic N) is 3. The molecule has 4 aromatic rings. The van der Waals surface area contributed by atoms with E-state index in [1.807, 2.05) is 13.8 Å². The van der Waals surface area contributed by atoms with Gasteiger partial charge in [0.15, 0.2) is 0 Å². The fourth-order valence-corrected chi connectivity index (χ4v) is 4.04. The molecular weight excluding hydrogens is 482 g/mol. The molecule has 36 heavy (non-hydrogen) atoms. The van der Waals surface area contributed by atoms with E-state index in [-0.39, 0.29) is 22.9 Å². The van der Waals surface area contributed by atoms with Gasteiger partial charge < -0.3 is 9.15 Å². The first-order chi connectivity index (χ1) is 17.3. The van der Waals surface area contributed by atoms with Gasteiger partial charge in [0.2, 0.25) is 5.95 Å². The van der Waals surface area contributed by atoms with Gasteiger partial charge in [-0.15, -0.1) is 0 Å². The maximum atomic E-state index is 12.5. The van der Waals surface area contributed by atoms with Crippen molar-refractivity contribution in [2.24, 2.45) is 5.10 Å². The minimum Gasteiger partial charge on any atom is -0.491 e. The van der Waals surface area contributed by atoms with E-state index in [0.29, 0.717) is 28.4 Å². The number of nitrogens with one attached hydrogen (secondary N) is 2. The van der Waals surface area contributed by atoms with Crippen LogP contribution in [0.1, 0.15) is 30.0 Å². The molecule has 1 amide bonds. The monoisotopic (exact) mass is 505 g/mol. The maximum absolute atomic E-state index is 12.5. The number of amides is 1. The first-order valence-electron chi connectivity index (χ1n) is 10.9. The molecule has 0 radical (unpaired) electrons. The fraction of sp³-hybridized carbons (Fsp3) is 0.120. The molecule has 0 saturated heterocycles. The number of carbonyl (C=O) groups excluding carboxylic acids is 1. The van der Waals surface area contributed by atoms with Crippen molar-refractivity contribution in [2.45, 2.75) is 24.8 Å². The summed E-state index contributed by atoms with van der Waals surface area (Å²) in [6.07, 6.45) is 4.31. The molecule has 0 aliphatic carbocycles. The summed E-state index contributed by atoms with van der Waals surface area (Å²) >= 11 is 0. The van der Waals surface area contributed by atoms with Crippen LogP contribution in [0.15, 0.2) is 93.5 Å². The van der Waals surface area contributed by atoms with Crippen molar-refractivity contribution in [3.05, 3.63) is 90.4 Å². The highest BCUT2D eigenvalue weighted by Gasteiger charge is 2.16. The van der Waals surface area contributed by atoms with Crippen LogP contribution in [0.5, 0.6) is 5.75 Å². The second-order valence-corrected chi connectivity index (χ2v) is 9.48. The number of rotatable bonds is 9. The van der Waals surface area contributed by atoms with Gasteiger partial charge in [0.1, 0.15) is 17.3 Å². The second kappa shape index (κ2) is 10.8. The molecule has 0 unspecified atom stereocenters. The van der Waals surface area contributed by atoms with Gasteiger partial charge in [0.25, 0.3) is 15.9 Å². The maximum Gasteiger partial charge on any atom is 0.271 e. The van der Waals surface area contributed by atoms with Crippen molar-refractivity contribution in [3.63, 3.8) is 0 Å². The van der Waals surface area contributed by atoms with E-state index in [0.717, 1.165) is 0 Å². The zero-order valence-corrected chi connectivity index (χ0v) is 20.3. The second-order valence-electron chi connectivity index (χ2n) is 7.79. The summed E-state index contributed by atoms with van der Waals surface area (Å²) in [5, 5.41) is 3.93. The summed E-state index contributed by atoms with van der Waals surface area (Å²) < 4.78 is 38.6. The number of ether oxygens (including phenoxy) is 1. The third-order valence-electron chi connectivity index (χ3n) is 4.71. The van der Waals surface area contributed by atoms with Crippen molar-refractivity contribution in [3.8, 4) is 17.1 Å². The lowest BCUT2D eigenvalue weighted by Gasteiger charge is -2.09. The van der Waals surface area contributed by atoms with Crippen molar-refractivity contribution in [1.29, 1.82) is 0 Å². The van der Waals surface area contributed by atoms with E-state index in [1.54, 1.807) is 54.6 Å². The normalized spacial score (nSPS) is 11.5. The number of aromatic nitrogens is 2. The third kappa shape index (κ3) is 6.33. The molecule has 0 aliphatic rings. The largest absolute Gasteiger partial charge is 0.491 e. The number of benzene rings is 2. The number of carbonyl (C=O) groups is 1. The molecule has 0 spiro atoms. The van der Waals surface area contributed by atoms with Crippen LogP contribution in [0.3, 0.4) is 0 Å². The van der Waals surface area contributed by atoms with Crippen LogP contribution in [-0.4, -0.2) is 36.6 Å². The fourth-order valence-electron chi connectivity index (χ4n) is 3.08. The van der Waals surface area contributed by atoms with Gasteiger partial charge in [-0.1, -0.05) is 0 Å². The van der Waals surface area contributed by atoms with Gasteiger partial charge in [-0.05, 0) is 80.6 Å². The molecule has 2 heterocycles. The van der Waals surface area contributed by atoms with Gasteiger partial charge in [-0.3, -0.25) is 4.79 Å². The minimum absolute atomic E-state index is 0.0132. The van der Waals surface area contributed by atoms with E-state index < -0.39 is 10.0 Å². The number of anilines is 1. The summed E-state index contributed by atoms with van der Waals surface area (Å²) in [6, 6.07) is 17.9. The first-order valence-corrected chi connectivity index (χ1v) is 12.4. The SMILES string of the molecule is CC(C)Oc1ccc(C(=O)NN=Cc2ccc(-c3ccc(S(=O)(=O)Nc4ncccn4)cc3)o2)cc1. The van der Waals surface area contributed by atoms with Gasteiger partial charge in [0, 0.05) is 23.5 Å². The molecule has 0 atom stereocenters. The zero-order valence-electron chi connectivity index (χ0n) is 19.5. The molecule has 0 aliphatic heterocycles. The van der Waals surface area contributed by atoms with E-state index in [4.69, 9.17) is 9.15 Å². The highest BCUT2D eigenvalue weighted by molar-refractivity contribution is 7.92. The van der Waals surface area contributed by atoms with Gasteiger partial charge in [-0.25, -0.2) is 28.5 Å². The average Bonchev–Trinajstić information content (AvgIpc) is 3.33. The Balaban J connectivity index is 1.36. The Bertz CT molecular complexity index is 1450. The van der Waals surface area contributed by atoms with Crippen molar-refractivity contribution >= 4 is 28.1 Å². The Morgan fingerprint density at radius 2 is 1.69 bits per heavy atom. The molecule has 0 saturated carbocycles. The number of furan rings is 1. The number of sulfonamides is 1. The molecule has 11 heteroatoms. The molecule has 0 bridgehead atoms. The molecule has 0 fully saturated rings. The quantitative estimate of drug-likeness (QED) is 0.258. The van der Waals surface area contributed by atoms with Crippen LogP contribution in [0, 0.1) is 0 Å². The van der Waals surface area contributed by atoms with Crippen molar-refractivity contribution in [2.75, 3.05) is 4.72 Å². The predicted octanol–water partition coefficient (Wildman–Crippen LogP) is 4.09. The van der Waals surface area contributed by atoms with Crippen LogP contribution in [-0.2, 0) is 10.0 Å². The molecular formula is C25H23N5O5S. The van der Waals surface area contributed by atoms with Crippen LogP contribution >= 0.6 is 0 Å². The van der Waals surface area contributed by atoms with Gasteiger partial charge >= 0.3 is 0 Å². The average molecular weight is 506 g/mol. The Kier molecular flexibility index (Phi) is 7.40. The minimum atomic E-state index is -3.83. The number of hydrazone groups is 1. The predicted molar refractivity (Wildman–Crippen MR) is 134 cm³/mol. The van der Waals surface area contributed by atoms with E-state index >= 15 is 0 Å². The lowest BCUT2D eigenvalue weighted by Crippen LogP contribution is -2.17. The van der Waals surface area contributed by atoms with E-state index in [2.05, 4.69) is 25.2 Å². The van der Waals surface area contributed by atoms with Crippen LogP contribution < -0.4 is 14.9 Å². The standard InChI is InChI=1S/C25H23N5O5S/c1-17(2)34-20-8-4-19(5-9-20)24(31)29-28-16-21-10-13-23(35-21)18-6-11-22(12-7-18)36(32,33)30-25-26-14-3-15-27-25/h3-17H,1-2H3,(H,29,31)(H,26,27,30). The van der Waals surface area contributed by atoms with Crippen LogP contribution in [0.4, 0.5) is 5.95 Å². The molecule has 4 rings (SSSR count). The molecule has 2 aromatic carbocycles. The highest BCUT2D eigenvalue weighted by atomic mass is 32.2. The van der Waals surface area contributed by atoms with Crippen LogP contribution in [0.25, 0.3) is 11.3 Å². The Morgan fingerprint density at radius 1 is 1.00 bits per heavy atom. The number of hydrogen-bond donors (Lipinski definition) is 2. The lowest BCUT2D eigenvalue weighted by atomic mass is 10.2. The summed E-state index contributed by atoms with van der Waals surface area (Å²) in [5.41, 5.74) is 3.55. The highest BCUT2D eigenvalue weighted by Crippen LogP contribution is 2.24. The zero-order chi connectivity index (χ0) is 25.5. The molecule has 184 valence electrons. The number of hydrogen-bond acceptors (Lipinski definition) is 8. The Morgan fingerprint density at radius 3 is 2.36 bits per heavy atom. The molecule has 10 nitrogen and oxygen atoms in total. The summed E-state index contributed by atoms with van der Waals surface area (Å²) in [7, 11) is -3.83. The van der Waals surface area contributed by atoms with Crippen LogP contribution in [0.2, 0.25) is 0 Å². The molecule has 2 aromatic heterocycles. The Labute approximate surface area is 208 Å². The summed E-state index contributed by atoms with van der Waals surface area (Å²) in [5.74, 6) is 1.21. The Hall–Kier alpha value is -4.51. The lowest BCUT2D eigenvalue weighted by molar-refractivity contribution is 0.0955. The first kappa shape index (κ1) is 24.6. The third-order valence-corrected chi connectivity index (χ3v) is 6.06.